The van der Waals surface area contributed by atoms with Crippen molar-refractivity contribution >= 4 is 11.9 Å². The number of carbonyl (C=O) groups is 2. The van der Waals surface area contributed by atoms with E-state index in [-0.39, 0.29) is 18.4 Å². The Labute approximate surface area is 83.1 Å². The summed E-state index contributed by atoms with van der Waals surface area (Å²) in [5.74, 6) is -0.702. The highest BCUT2D eigenvalue weighted by Crippen LogP contribution is 2.08. The van der Waals surface area contributed by atoms with E-state index in [1.807, 2.05) is 0 Å². The fourth-order valence-electron chi connectivity index (χ4n) is 1.60. The smallest absolute Gasteiger partial charge is 0.304 e. The number of rotatable bonds is 4. The topological polar surface area (TPSA) is 69.6 Å². The molecule has 5 heteroatoms. The summed E-state index contributed by atoms with van der Waals surface area (Å²) in [6.07, 6.45) is 1.05. The van der Waals surface area contributed by atoms with E-state index in [0.717, 1.165) is 13.0 Å². The minimum absolute atomic E-state index is 0.0903. The fourth-order valence-corrected chi connectivity index (χ4v) is 1.60. The molecule has 1 rings (SSSR count). The van der Waals surface area contributed by atoms with E-state index in [2.05, 4.69) is 5.32 Å². The predicted octanol–water partition coefficient (Wildman–Crippen LogP) is -0.328. The molecule has 0 aromatic rings. The van der Waals surface area contributed by atoms with Gasteiger partial charge in [-0.05, 0) is 6.42 Å². The van der Waals surface area contributed by atoms with Gasteiger partial charge in [0, 0.05) is 32.6 Å². The van der Waals surface area contributed by atoms with Crippen LogP contribution in [0.25, 0.3) is 0 Å². The molecule has 1 fully saturated rings. The number of amides is 1. The van der Waals surface area contributed by atoms with E-state index in [1.54, 1.807) is 11.8 Å². The third-order valence-electron chi connectivity index (χ3n) is 2.41. The molecule has 1 saturated heterocycles. The minimum Gasteiger partial charge on any atom is -0.481 e. The third-order valence-corrected chi connectivity index (χ3v) is 2.41. The summed E-state index contributed by atoms with van der Waals surface area (Å²) in [6, 6.07) is 0.262. The monoisotopic (exact) mass is 200 g/mol. The largest absolute Gasteiger partial charge is 0.481 e. The maximum absolute atomic E-state index is 11.0. The second kappa shape index (κ2) is 4.95. The van der Waals surface area contributed by atoms with Gasteiger partial charge in [0.1, 0.15) is 0 Å². The van der Waals surface area contributed by atoms with Gasteiger partial charge in [0.15, 0.2) is 0 Å². The lowest BCUT2D eigenvalue weighted by Crippen LogP contribution is -2.35. The Kier molecular flexibility index (Phi) is 3.88. The lowest BCUT2D eigenvalue weighted by atomic mass is 10.2. The van der Waals surface area contributed by atoms with Gasteiger partial charge in [-0.3, -0.25) is 9.59 Å². The normalized spacial score (nSPS) is 21.2. The highest BCUT2D eigenvalue weighted by Gasteiger charge is 2.23. The average Bonchev–Trinajstić information content (AvgIpc) is 2.52. The molecule has 0 saturated carbocycles. The molecule has 1 aliphatic heterocycles. The van der Waals surface area contributed by atoms with Gasteiger partial charge in [-0.15, -0.1) is 0 Å². The molecule has 14 heavy (non-hydrogen) atoms. The van der Waals surface area contributed by atoms with Crippen molar-refractivity contribution in [3.8, 4) is 0 Å². The van der Waals surface area contributed by atoms with E-state index in [1.165, 1.54) is 0 Å². The number of carboxylic acids is 1. The lowest BCUT2D eigenvalue weighted by Gasteiger charge is -2.14. The zero-order valence-electron chi connectivity index (χ0n) is 8.32. The summed E-state index contributed by atoms with van der Waals surface area (Å²) in [5, 5.41) is 11.5. The zero-order valence-corrected chi connectivity index (χ0v) is 8.32. The Balaban J connectivity index is 2.16. The van der Waals surface area contributed by atoms with Gasteiger partial charge < -0.3 is 15.3 Å². The van der Waals surface area contributed by atoms with Crippen LogP contribution >= 0.6 is 0 Å². The van der Waals surface area contributed by atoms with Gasteiger partial charge >= 0.3 is 5.97 Å². The van der Waals surface area contributed by atoms with Crippen molar-refractivity contribution in [3.63, 3.8) is 0 Å². The number of likely N-dealkylation sites (tertiary alicyclic amines) is 1. The van der Waals surface area contributed by atoms with Gasteiger partial charge in [-0.2, -0.15) is 0 Å². The van der Waals surface area contributed by atoms with Gasteiger partial charge in [-0.25, -0.2) is 0 Å². The van der Waals surface area contributed by atoms with E-state index >= 15 is 0 Å². The second-order valence-corrected chi connectivity index (χ2v) is 3.55. The van der Waals surface area contributed by atoms with Gasteiger partial charge in [0.2, 0.25) is 5.91 Å². The number of hydrogen-bond donors (Lipinski definition) is 2. The van der Waals surface area contributed by atoms with Crippen LogP contribution in [-0.2, 0) is 9.59 Å². The van der Waals surface area contributed by atoms with Crippen LogP contribution in [0.2, 0.25) is 0 Å². The minimum atomic E-state index is -0.793. The molecule has 1 atom stereocenters. The zero-order chi connectivity index (χ0) is 10.6. The number of carboxylic acid groups (broad SMARTS) is 1. The van der Waals surface area contributed by atoms with Crippen LogP contribution in [0.3, 0.4) is 0 Å². The molecule has 1 amide bonds. The maximum Gasteiger partial charge on any atom is 0.304 e. The first-order chi connectivity index (χ1) is 6.59. The molecule has 1 aliphatic rings. The Morgan fingerprint density at radius 1 is 1.57 bits per heavy atom. The standard InChI is InChI=1S/C9H16N2O3/c1-7(12)11-5-3-8(6-11)10-4-2-9(13)14/h8,10H,2-6H2,1H3,(H,13,14)/t8-/m1/s1. The molecule has 0 radical (unpaired) electrons. The van der Waals surface area contributed by atoms with Crippen LogP contribution in [0, 0.1) is 0 Å². The molecule has 1 heterocycles. The summed E-state index contributed by atoms with van der Waals surface area (Å²) in [7, 11) is 0. The highest BCUT2D eigenvalue weighted by molar-refractivity contribution is 5.73. The first kappa shape index (κ1) is 11.0. The lowest BCUT2D eigenvalue weighted by molar-refractivity contribution is -0.137. The van der Waals surface area contributed by atoms with Gasteiger partial charge in [0.05, 0.1) is 6.42 Å². The molecule has 0 spiro atoms. The van der Waals surface area contributed by atoms with E-state index < -0.39 is 5.97 Å². The number of hydrogen-bond acceptors (Lipinski definition) is 3. The van der Waals surface area contributed by atoms with Crippen molar-refractivity contribution in [2.45, 2.75) is 25.8 Å². The predicted molar refractivity (Wildman–Crippen MR) is 50.9 cm³/mol. The van der Waals surface area contributed by atoms with Crippen LogP contribution in [0.5, 0.6) is 0 Å². The van der Waals surface area contributed by atoms with Crippen LogP contribution in [-0.4, -0.2) is 47.6 Å². The summed E-state index contributed by atoms with van der Waals surface area (Å²) in [4.78, 5) is 23.0. The fraction of sp³-hybridized carbons (Fsp3) is 0.778. The molecule has 0 aliphatic carbocycles. The molecule has 5 nitrogen and oxygen atoms in total. The van der Waals surface area contributed by atoms with Gasteiger partial charge in [0.25, 0.3) is 0 Å². The Morgan fingerprint density at radius 2 is 2.29 bits per heavy atom. The molecule has 0 aromatic carbocycles. The molecule has 0 bridgehead atoms. The first-order valence-electron chi connectivity index (χ1n) is 4.80. The average molecular weight is 200 g/mol. The van der Waals surface area contributed by atoms with E-state index in [9.17, 15) is 9.59 Å². The summed E-state index contributed by atoms with van der Waals surface area (Å²) >= 11 is 0. The quantitative estimate of drug-likeness (QED) is 0.652. The SMILES string of the molecule is CC(=O)N1CC[C@@H](NCCC(=O)O)C1. The number of carbonyl (C=O) groups excluding carboxylic acids is 1. The summed E-state index contributed by atoms with van der Waals surface area (Å²) < 4.78 is 0. The maximum atomic E-state index is 11.0. The molecular weight excluding hydrogens is 184 g/mol. The molecular formula is C9H16N2O3. The van der Waals surface area contributed by atoms with Crippen molar-refractivity contribution in [3.05, 3.63) is 0 Å². The number of nitrogens with zero attached hydrogens (tertiary/aromatic N) is 1. The summed E-state index contributed by atoms with van der Waals surface area (Å²) in [5.41, 5.74) is 0. The van der Waals surface area contributed by atoms with Crippen molar-refractivity contribution in [2.24, 2.45) is 0 Å². The van der Waals surface area contributed by atoms with E-state index in [4.69, 9.17) is 5.11 Å². The van der Waals surface area contributed by atoms with Gasteiger partial charge in [-0.1, -0.05) is 0 Å². The van der Waals surface area contributed by atoms with Crippen LogP contribution in [0.15, 0.2) is 0 Å². The third kappa shape index (κ3) is 3.33. The van der Waals surface area contributed by atoms with Crippen LogP contribution in [0.4, 0.5) is 0 Å². The van der Waals surface area contributed by atoms with Crippen LogP contribution < -0.4 is 5.32 Å². The highest BCUT2D eigenvalue weighted by atomic mass is 16.4. The first-order valence-corrected chi connectivity index (χ1v) is 4.80. The molecule has 0 aromatic heterocycles. The number of nitrogens with one attached hydrogen (secondary N) is 1. The van der Waals surface area contributed by atoms with Crippen molar-refractivity contribution < 1.29 is 14.7 Å². The molecule has 0 unspecified atom stereocenters. The molecule has 80 valence electrons. The Bertz CT molecular complexity index is 230. The van der Waals surface area contributed by atoms with Crippen molar-refractivity contribution in [1.29, 1.82) is 0 Å². The second-order valence-electron chi connectivity index (χ2n) is 3.55. The van der Waals surface area contributed by atoms with Crippen molar-refractivity contribution in [1.82, 2.24) is 10.2 Å². The Morgan fingerprint density at radius 3 is 2.79 bits per heavy atom. The van der Waals surface area contributed by atoms with Crippen molar-refractivity contribution in [2.75, 3.05) is 19.6 Å². The molecule has 2 N–H and O–H groups in total. The summed E-state index contributed by atoms with van der Waals surface area (Å²) in [6.45, 7) is 3.51. The van der Waals surface area contributed by atoms with Crippen LogP contribution in [0.1, 0.15) is 19.8 Å². The van der Waals surface area contributed by atoms with E-state index in [0.29, 0.717) is 13.1 Å². The Hall–Kier alpha value is -1.10. The number of aliphatic carboxylic acids is 1.